The minimum atomic E-state index is 0.0195. The molecule has 0 saturated heterocycles. The molecule has 1 aliphatic rings. The van der Waals surface area contributed by atoms with Crippen LogP contribution in [-0.4, -0.2) is 21.9 Å². The Labute approximate surface area is 140 Å². The van der Waals surface area contributed by atoms with Crippen LogP contribution in [0.25, 0.3) is 10.9 Å². The van der Waals surface area contributed by atoms with Crippen LogP contribution >= 0.6 is 0 Å². The SMILES string of the molecule is Cn1cc2c3c(cccc31)CN(C(=O)c1ccc(C#N)cc1)CC2. The van der Waals surface area contributed by atoms with Crippen molar-refractivity contribution >= 4 is 16.8 Å². The minimum Gasteiger partial charge on any atom is -0.350 e. The summed E-state index contributed by atoms with van der Waals surface area (Å²) in [6.07, 6.45) is 3.03. The number of amides is 1. The number of hydrogen-bond acceptors (Lipinski definition) is 2. The standard InChI is InChI=1S/C20H17N3O/c1-22-12-17-9-10-23(13-16-3-2-4-18(22)19(16)17)20(24)15-7-5-14(11-21)6-8-15/h2-8,12H,9-10,13H2,1H3. The summed E-state index contributed by atoms with van der Waals surface area (Å²) in [6, 6.07) is 15.2. The molecule has 4 heteroatoms. The first-order valence-electron chi connectivity index (χ1n) is 8.02. The van der Waals surface area contributed by atoms with E-state index in [2.05, 4.69) is 42.1 Å². The van der Waals surface area contributed by atoms with Gasteiger partial charge in [0.15, 0.2) is 0 Å². The van der Waals surface area contributed by atoms with Gasteiger partial charge in [0.05, 0.1) is 11.6 Å². The molecule has 0 aliphatic carbocycles. The molecule has 0 radical (unpaired) electrons. The van der Waals surface area contributed by atoms with Crippen LogP contribution in [0.15, 0.2) is 48.7 Å². The summed E-state index contributed by atoms with van der Waals surface area (Å²) in [7, 11) is 2.07. The molecule has 1 amide bonds. The third-order valence-corrected chi connectivity index (χ3v) is 4.74. The quantitative estimate of drug-likeness (QED) is 0.692. The monoisotopic (exact) mass is 315 g/mol. The molecule has 1 aromatic heterocycles. The molecule has 1 aliphatic heterocycles. The van der Waals surface area contributed by atoms with Gasteiger partial charge in [-0.25, -0.2) is 0 Å². The first-order chi connectivity index (χ1) is 11.7. The van der Waals surface area contributed by atoms with Crippen LogP contribution < -0.4 is 0 Å². The van der Waals surface area contributed by atoms with Crippen LogP contribution in [0.5, 0.6) is 0 Å². The number of benzene rings is 2. The largest absolute Gasteiger partial charge is 0.350 e. The highest BCUT2D eigenvalue weighted by Gasteiger charge is 2.22. The Morgan fingerprint density at radius 1 is 1.12 bits per heavy atom. The van der Waals surface area contributed by atoms with E-state index < -0.39 is 0 Å². The van der Waals surface area contributed by atoms with Gasteiger partial charge >= 0.3 is 0 Å². The molecule has 0 bridgehead atoms. The van der Waals surface area contributed by atoms with E-state index in [1.165, 1.54) is 22.0 Å². The Morgan fingerprint density at radius 3 is 2.67 bits per heavy atom. The van der Waals surface area contributed by atoms with E-state index in [4.69, 9.17) is 5.26 Å². The van der Waals surface area contributed by atoms with Gasteiger partial charge in [0.25, 0.3) is 5.91 Å². The number of nitriles is 1. The Balaban J connectivity index is 1.68. The maximum Gasteiger partial charge on any atom is 0.254 e. The van der Waals surface area contributed by atoms with Crippen LogP contribution in [0.3, 0.4) is 0 Å². The van der Waals surface area contributed by atoms with Crippen molar-refractivity contribution in [2.75, 3.05) is 6.54 Å². The van der Waals surface area contributed by atoms with Crippen molar-refractivity contribution in [1.29, 1.82) is 5.26 Å². The van der Waals surface area contributed by atoms with Crippen molar-refractivity contribution in [3.8, 4) is 6.07 Å². The van der Waals surface area contributed by atoms with Crippen molar-refractivity contribution < 1.29 is 4.79 Å². The van der Waals surface area contributed by atoms with Gasteiger partial charge in [-0.05, 0) is 47.9 Å². The molecule has 0 atom stereocenters. The molecule has 3 aromatic rings. The van der Waals surface area contributed by atoms with Crippen LogP contribution in [0.2, 0.25) is 0 Å². The average molecular weight is 315 g/mol. The summed E-state index contributed by atoms with van der Waals surface area (Å²) < 4.78 is 2.16. The summed E-state index contributed by atoms with van der Waals surface area (Å²) in [4.78, 5) is 14.7. The molecule has 0 N–H and O–H groups in total. The smallest absolute Gasteiger partial charge is 0.254 e. The highest BCUT2D eigenvalue weighted by Crippen LogP contribution is 2.29. The second kappa shape index (κ2) is 5.54. The van der Waals surface area contributed by atoms with Gasteiger partial charge < -0.3 is 9.47 Å². The second-order valence-corrected chi connectivity index (χ2v) is 6.24. The van der Waals surface area contributed by atoms with E-state index in [1.807, 2.05) is 4.90 Å². The van der Waals surface area contributed by atoms with Gasteiger partial charge in [-0.3, -0.25) is 4.79 Å². The predicted molar refractivity (Wildman–Crippen MR) is 92.5 cm³/mol. The number of carbonyl (C=O) groups is 1. The third-order valence-electron chi connectivity index (χ3n) is 4.74. The minimum absolute atomic E-state index is 0.0195. The van der Waals surface area contributed by atoms with Crippen LogP contribution in [-0.2, 0) is 20.0 Å². The van der Waals surface area contributed by atoms with Crippen LogP contribution in [0.1, 0.15) is 27.0 Å². The fraction of sp³-hybridized carbons (Fsp3) is 0.200. The molecule has 0 unspecified atom stereocenters. The Morgan fingerprint density at radius 2 is 1.92 bits per heavy atom. The van der Waals surface area contributed by atoms with Crippen molar-refractivity contribution in [2.45, 2.75) is 13.0 Å². The number of nitrogens with zero attached hydrogens (tertiary/aromatic N) is 3. The molecule has 2 heterocycles. The maximum atomic E-state index is 12.8. The summed E-state index contributed by atoms with van der Waals surface area (Å²) in [5.74, 6) is 0.0195. The Bertz CT molecular complexity index is 977. The molecule has 0 saturated carbocycles. The van der Waals surface area contributed by atoms with Crippen molar-refractivity contribution in [2.24, 2.45) is 7.05 Å². The predicted octanol–water partition coefficient (Wildman–Crippen LogP) is 3.25. The summed E-state index contributed by atoms with van der Waals surface area (Å²) in [6.45, 7) is 1.32. The van der Waals surface area contributed by atoms with Crippen molar-refractivity contribution in [1.82, 2.24) is 9.47 Å². The van der Waals surface area contributed by atoms with E-state index in [9.17, 15) is 4.79 Å². The van der Waals surface area contributed by atoms with Gasteiger partial charge in [-0.1, -0.05) is 12.1 Å². The highest BCUT2D eigenvalue weighted by molar-refractivity contribution is 5.95. The maximum absolute atomic E-state index is 12.8. The third kappa shape index (κ3) is 2.26. The van der Waals surface area contributed by atoms with Crippen LogP contribution in [0, 0.1) is 11.3 Å². The highest BCUT2D eigenvalue weighted by atomic mass is 16.2. The molecular formula is C20H17N3O. The molecule has 2 aromatic carbocycles. The molecule has 118 valence electrons. The fourth-order valence-electron chi connectivity index (χ4n) is 3.52. The number of rotatable bonds is 1. The first-order valence-corrected chi connectivity index (χ1v) is 8.02. The average Bonchev–Trinajstić information content (AvgIpc) is 2.83. The lowest BCUT2D eigenvalue weighted by Crippen LogP contribution is -2.31. The molecular weight excluding hydrogens is 298 g/mol. The Kier molecular flexibility index (Phi) is 3.35. The zero-order valence-electron chi connectivity index (χ0n) is 13.5. The molecule has 4 nitrogen and oxygen atoms in total. The normalized spacial score (nSPS) is 13.6. The topological polar surface area (TPSA) is 49.0 Å². The van der Waals surface area contributed by atoms with Gasteiger partial charge in [-0.2, -0.15) is 5.26 Å². The van der Waals surface area contributed by atoms with Gasteiger partial charge in [0, 0.05) is 42.8 Å². The van der Waals surface area contributed by atoms with E-state index in [0.717, 1.165) is 6.42 Å². The zero-order valence-corrected chi connectivity index (χ0v) is 13.5. The lowest BCUT2D eigenvalue weighted by molar-refractivity contribution is 0.0748. The summed E-state index contributed by atoms with van der Waals surface area (Å²) in [5.41, 5.74) is 4.92. The molecule has 0 spiro atoms. The summed E-state index contributed by atoms with van der Waals surface area (Å²) >= 11 is 0. The number of aromatic nitrogens is 1. The molecule has 24 heavy (non-hydrogen) atoms. The van der Waals surface area contributed by atoms with Gasteiger partial charge in [0.2, 0.25) is 0 Å². The summed E-state index contributed by atoms with van der Waals surface area (Å²) in [5, 5.41) is 10.2. The molecule has 4 rings (SSSR count). The van der Waals surface area contributed by atoms with Crippen molar-refractivity contribution in [3.63, 3.8) is 0 Å². The van der Waals surface area contributed by atoms with Crippen LogP contribution in [0.4, 0.5) is 0 Å². The van der Waals surface area contributed by atoms with Gasteiger partial charge in [-0.15, -0.1) is 0 Å². The van der Waals surface area contributed by atoms with E-state index >= 15 is 0 Å². The van der Waals surface area contributed by atoms with E-state index in [1.54, 1.807) is 24.3 Å². The lowest BCUT2D eigenvalue weighted by Gasteiger charge is -2.21. The lowest BCUT2D eigenvalue weighted by atomic mass is 10.1. The zero-order chi connectivity index (χ0) is 16.7. The number of hydrogen-bond donors (Lipinski definition) is 0. The van der Waals surface area contributed by atoms with Gasteiger partial charge in [0.1, 0.15) is 0 Å². The van der Waals surface area contributed by atoms with E-state index in [-0.39, 0.29) is 5.91 Å². The Hall–Kier alpha value is -3.06. The molecule has 0 fully saturated rings. The van der Waals surface area contributed by atoms with E-state index in [0.29, 0.717) is 24.2 Å². The van der Waals surface area contributed by atoms with Crippen molar-refractivity contribution in [3.05, 3.63) is 70.9 Å². The first kappa shape index (κ1) is 14.5. The fourth-order valence-corrected chi connectivity index (χ4v) is 3.52. The second-order valence-electron chi connectivity index (χ2n) is 6.24. The number of carbonyl (C=O) groups excluding carboxylic acids is 1. The number of aryl methyl sites for hydroxylation is 1.